The quantitative estimate of drug-likeness (QED) is 0.384. The van der Waals surface area contributed by atoms with Crippen LogP contribution in [0.5, 0.6) is 5.75 Å². The zero-order valence-corrected chi connectivity index (χ0v) is 17.1. The molecule has 1 unspecified atom stereocenters. The van der Waals surface area contributed by atoms with Crippen molar-refractivity contribution < 1.29 is 28.7 Å². The lowest BCUT2D eigenvalue weighted by Gasteiger charge is -2.30. The molecular weight excluding hydrogens is 376 g/mol. The molecule has 1 saturated heterocycles. The molecule has 0 aliphatic carbocycles. The van der Waals surface area contributed by atoms with Crippen molar-refractivity contribution in [1.29, 1.82) is 0 Å². The number of rotatable bonds is 9. The number of hydrogen-bond acceptors (Lipinski definition) is 6. The highest BCUT2D eigenvalue weighted by Crippen LogP contribution is 2.25. The molecule has 1 aliphatic rings. The van der Waals surface area contributed by atoms with E-state index in [4.69, 9.17) is 4.74 Å². The Morgan fingerprint density at radius 1 is 1.24 bits per heavy atom. The number of carbonyl (C=O) groups excluding carboxylic acids is 5. The number of ether oxygens (including phenoxy) is 1. The van der Waals surface area contributed by atoms with Gasteiger partial charge in [0.05, 0.1) is 12.2 Å². The molecule has 158 valence electrons. The van der Waals surface area contributed by atoms with E-state index in [1.807, 2.05) is 13.8 Å². The fraction of sp³-hybridized carbons (Fsp3) is 0.476. The second-order valence-corrected chi connectivity index (χ2v) is 6.23. The molecule has 8 nitrogen and oxygen atoms in total. The zero-order chi connectivity index (χ0) is 21.8. The highest BCUT2D eigenvalue weighted by molar-refractivity contribution is 6.07. The third-order valence-electron chi connectivity index (χ3n) is 4.37. The van der Waals surface area contributed by atoms with Crippen LogP contribution >= 0.6 is 0 Å². The van der Waals surface area contributed by atoms with E-state index in [-0.39, 0.29) is 35.6 Å². The maximum absolute atomic E-state index is 13.0. The summed E-state index contributed by atoms with van der Waals surface area (Å²) in [5, 5.41) is 2.21. The first-order valence-electron chi connectivity index (χ1n) is 9.75. The van der Waals surface area contributed by atoms with Crippen LogP contribution in [0.15, 0.2) is 18.2 Å². The summed E-state index contributed by atoms with van der Waals surface area (Å²) in [6, 6.07) is 3.89. The van der Waals surface area contributed by atoms with Gasteiger partial charge < -0.3 is 14.4 Å². The Labute approximate surface area is 170 Å². The standard InChI is InChI=1S/C19H22N2O6.C2H6/c1-21(14-8-9-16(24)20-18(14)25)19(26)17-13(12-23)6-5-7-15(17)27-11-4-2-3-10-22;1-2/h5-7,10,12,14H,2-4,8-9,11H2,1H3,(H,20,24,25);1-2H3. The van der Waals surface area contributed by atoms with E-state index in [1.165, 1.54) is 18.0 Å². The number of nitrogens with zero attached hydrogens (tertiary/aromatic N) is 1. The molecular formula is C21H28N2O6. The molecule has 1 aromatic rings. The minimum Gasteiger partial charge on any atom is -0.493 e. The highest BCUT2D eigenvalue weighted by atomic mass is 16.5. The van der Waals surface area contributed by atoms with Crippen LogP contribution in [0, 0.1) is 0 Å². The Hall–Kier alpha value is -3.03. The van der Waals surface area contributed by atoms with Crippen molar-refractivity contribution in [1.82, 2.24) is 10.2 Å². The van der Waals surface area contributed by atoms with Gasteiger partial charge in [-0.15, -0.1) is 0 Å². The predicted molar refractivity (Wildman–Crippen MR) is 107 cm³/mol. The number of unbranched alkanes of at least 4 members (excludes halogenated alkanes) is 2. The summed E-state index contributed by atoms with van der Waals surface area (Å²) in [6.45, 7) is 4.29. The Morgan fingerprint density at radius 2 is 1.97 bits per heavy atom. The molecule has 0 radical (unpaired) electrons. The van der Waals surface area contributed by atoms with E-state index >= 15 is 0 Å². The molecule has 1 aromatic carbocycles. The monoisotopic (exact) mass is 404 g/mol. The van der Waals surface area contributed by atoms with Gasteiger partial charge in [-0.25, -0.2) is 0 Å². The van der Waals surface area contributed by atoms with Gasteiger partial charge >= 0.3 is 0 Å². The first-order valence-corrected chi connectivity index (χ1v) is 9.75. The maximum atomic E-state index is 13.0. The number of piperidine rings is 1. The molecule has 3 amide bonds. The number of nitrogens with one attached hydrogen (secondary N) is 1. The zero-order valence-electron chi connectivity index (χ0n) is 17.1. The fourth-order valence-corrected chi connectivity index (χ4v) is 2.88. The minimum absolute atomic E-state index is 0.0788. The summed E-state index contributed by atoms with van der Waals surface area (Å²) in [7, 11) is 1.46. The molecule has 2 rings (SSSR count). The van der Waals surface area contributed by atoms with Gasteiger partial charge in [0.25, 0.3) is 5.91 Å². The lowest BCUT2D eigenvalue weighted by atomic mass is 10.0. The molecule has 1 aliphatic heterocycles. The lowest BCUT2D eigenvalue weighted by molar-refractivity contribution is -0.136. The smallest absolute Gasteiger partial charge is 0.258 e. The first kappa shape index (κ1) is 24.0. The summed E-state index contributed by atoms with van der Waals surface area (Å²) in [5.74, 6) is -1.20. The molecule has 1 atom stereocenters. The largest absolute Gasteiger partial charge is 0.493 e. The third kappa shape index (κ3) is 6.51. The Bertz CT molecular complexity index is 747. The fourth-order valence-electron chi connectivity index (χ4n) is 2.88. The SMILES string of the molecule is CC.CN(C(=O)c1c(C=O)cccc1OCCCCC=O)C1CCC(=O)NC1=O. The van der Waals surface area contributed by atoms with Gasteiger partial charge in [-0.3, -0.25) is 24.5 Å². The van der Waals surface area contributed by atoms with Gasteiger partial charge in [0, 0.05) is 25.5 Å². The minimum atomic E-state index is -0.796. The molecule has 29 heavy (non-hydrogen) atoms. The number of aldehydes is 2. The lowest BCUT2D eigenvalue weighted by Crippen LogP contribution is -2.53. The number of hydrogen-bond donors (Lipinski definition) is 1. The van der Waals surface area contributed by atoms with E-state index < -0.39 is 17.9 Å². The summed E-state index contributed by atoms with van der Waals surface area (Å²) in [4.78, 5) is 59.3. The van der Waals surface area contributed by atoms with Crippen molar-refractivity contribution in [3.63, 3.8) is 0 Å². The molecule has 1 fully saturated rings. The van der Waals surface area contributed by atoms with E-state index in [9.17, 15) is 24.0 Å². The van der Waals surface area contributed by atoms with Crippen molar-refractivity contribution in [2.45, 2.75) is 52.0 Å². The van der Waals surface area contributed by atoms with Crippen molar-refractivity contribution in [2.24, 2.45) is 0 Å². The van der Waals surface area contributed by atoms with Gasteiger partial charge in [-0.1, -0.05) is 26.0 Å². The molecule has 1 N–H and O–H groups in total. The molecule has 0 spiro atoms. The summed E-state index contributed by atoms with van der Waals surface area (Å²) in [6.07, 6.45) is 3.47. The number of benzene rings is 1. The van der Waals surface area contributed by atoms with Crippen LogP contribution in [-0.2, 0) is 14.4 Å². The van der Waals surface area contributed by atoms with Crippen LogP contribution in [0.2, 0.25) is 0 Å². The second-order valence-electron chi connectivity index (χ2n) is 6.23. The van der Waals surface area contributed by atoms with Crippen LogP contribution < -0.4 is 10.1 Å². The van der Waals surface area contributed by atoms with Crippen LogP contribution in [0.4, 0.5) is 0 Å². The van der Waals surface area contributed by atoms with Gasteiger partial charge in [0.2, 0.25) is 11.8 Å². The number of carbonyl (C=O) groups is 5. The van der Waals surface area contributed by atoms with Crippen molar-refractivity contribution in [3.05, 3.63) is 29.3 Å². The average molecular weight is 404 g/mol. The van der Waals surface area contributed by atoms with E-state index in [0.717, 1.165) is 6.29 Å². The van der Waals surface area contributed by atoms with Crippen LogP contribution in [0.3, 0.4) is 0 Å². The normalized spacial score (nSPS) is 15.5. The van der Waals surface area contributed by atoms with E-state index in [0.29, 0.717) is 32.2 Å². The second kappa shape index (κ2) is 12.4. The van der Waals surface area contributed by atoms with Gasteiger partial charge in [0.15, 0.2) is 6.29 Å². The van der Waals surface area contributed by atoms with Crippen molar-refractivity contribution in [3.8, 4) is 5.75 Å². The number of imide groups is 1. The average Bonchev–Trinajstić information content (AvgIpc) is 2.73. The Kier molecular flexibility index (Phi) is 10.3. The summed E-state index contributed by atoms with van der Waals surface area (Å²) < 4.78 is 5.65. The number of likely N-dealkylation sites (N-methyl/N-ethyl adjacent to an activating group) is 1. The van der Waals surface area contributed by atoms with Crippen molar-refractivity contribution in [2.75, 3.05) is 13.7 Å². The van der Waals surface area contributed by atoms with Crippen LogP contribution in [0.1, 0.15) is 66.7 Å². The molecule has 1 heterocycles. The Balaban J connectivity index is 0.00000204. The van der Waals surface area contributed by atoms with Crippen LogP contribution in [0.25, 0.3) is 0 Å². The topological polar surface area (TPSA) is 110 Å². The van der Waals surface area contributed by atoms with Gasteiger partial charge in [-0.2, -0.15) is 0 Å². The Morgan fingerprint density at radius 3 is 2.59 bits per heavy atom. The van der Waals surface area contributed by atoms with Gasteiger partial charge in [0.1, 0.15) is 18.1 Å². The van der Waals surface area contributed by atoms with E-state index in [1.54, 1.807) is 12.1 Å². The highest BCUT2D eigenvalue weighted by Gasteiger charge is 2.34. The first-order chi connectivity index (χ1) is 14.0. The summed E-state index contributed by atoms with van der Waals surface area (Å²) in [5.41, 5.74) is 0.236. The van der Waals surface area contributed by atoms with Crippen LogP contribution in [-0.4, -0.2) is 54.9 Å². The molecule has 0 aromatic heterocycles. The van der Waals surface area contributed by atoms with Crippen molar-refractivity contribution >= 4 is 30.3 Å². The van der Waals surface area contributed by atoms with Gasteiger partial charge in [-0.05, 0) is 25.3 Å². The number of amides is 3. The third-order valence-corrected chi connectivity index (χ3v) is 4.37. The van der Waals surface area contributed by atoms with E-state index in [2.05, 4.69) is 5.32 Å². The molecule has 8 heteroatoms. The molecule has 0 saturated carbocycles. The summed E-state index contributed by atoms with van der Waals surface area (Å²) >= 11 is 0. The predicted octanol–water partition coefficient (Wildman–Crippen LogP) is 2.15. The molecule has 0 bridgehead atoms. The maximum Gasteiger partial charge on any atom is 0.258 e.